The van der Waals surface area contributed by atoms with Gasteiger partial charge >= 0.3 is 0 Å². The second kappa shape index (κ2) is 5.03. The van der Waals surface area contributed by atoms with Gasteiger partial charge in [0.1, 0.15) is 5.82 Å². The first-order valence-electron chi connectivity index (χ1n) is 5.80. The summed E-state index contributed by atoms with van der Waals surface area (Å²) in [6.45, 7) is 1.79. The largest absolute Gasteiger partial charge is 0.481 e. The van der Waals surface area contributed by atoms with Crippen molar-refractivity contribution in [1.82, 2.24) is 4.98 Å². The second-order valence-electron chi connectivity index (χ2n) is 4.25. The number of ether oxygens (including phenoxy) is 1. The maximum Gasteiger partial charge on any atom is 0.214 e. The molecule has 0 radical (unpaired) electrons. The highest BCUT2D eigenvalue weighted by Crippen LogP contribution is 2.23. The third-order valence-corrected chi connectivity index (χ3v) is 3.18. The van der Waals surface area contributed by atoms with Gasteiger partial charge in [-0.15, -0.1) is 0 Å². The molecule has 0 aliphatic carbocycles. The van der Waals surface area contributed by atoms with Gasteiger partial charge in [-0.25, -0.2) is 0 Å². The highest BCUT2D eigenvalue weighted by atomic mass is 16.5. The van der Waals surface area contributed by atoms with E-state index in [1.807, 2.05) is 18.2 Å². The van der Waals surface area contributed by atoms with E-state index >= 15 is 0 Å². The average Bonchev–Trinajstić information content (AvgIpc) is 2.39. The summed E-state index contributed by atoms with van der Waals surface area (Å²) in [6.07, 6.45) is 1.85. The molecule has 0 saturated carbocycles. The lowest BCUT2D eigenvalue weighted by Gasteiger charge is -2.32. The molecule has 1 aromatic rings. The molecule has 1 aliphatic rings. The number of hydrogen-bond acceptors (Lipinski definition) is 4. The maximum atomic E-state index is 7.45. The van der Waals surface area contributed by atoms with E-state index in [1.54, 1.807) is 7.11 Å². The number of methoxy groups -OCH3 is 1. The summed E-state index contributed by atoms with van der Waals surface area (Å²) in [5.74, 6) is 2.11. The highest BCUT2D eigenvalue weighted by Gasteiger charge is 2.21. The van der Waals surface area contributed by atoms with E-state index in [-0.39, 0.29) is 5.92 Å². The van der Waals surface area contributed by atoms with E-state index in [0.29, 0.717) is 11.7 Å². The van der Waals surface area contributed by atoms with Gasteiger partial charge in [0.15, 0.2) is 0 Å². The van der Waals surface area contributed by atoms with Crippen molar-refractivity contribution in [1.29, 1.82) is 5.41 Å². The van der Waals surface area contributed by atoms with Crippen LogP contribution in [0.5, 0.6) is 5.88 Å². The Kier molecular flexibility index (Phi) is 3.46. The SMILES string of the molecule is COc1cccc(N2CCC(C(=N)N)CC2)n1. The minimum atomic E-state index is 0.233. The predicted molar refractivity (Wildman–Crippen MR) is 67.6 cm³/mol. The number of nitrogens with two attached hydrogens (primary N) is 1. The molecule has 3 N–H and O–H groups in total. The van der Waals surface area contributed by atoms with Crippen molar-refractivity contribution >= 4 is 11.7 Å². The van der Waals surface area contributed by atoms with Gasteiger partial charge in [0.25, 0.3) is 0 Å². The summed E-state index contributed by atoms with van der Waals surface area (Å²) in [5.41, 5.74) is 5.53. The number of aromatic nitrogens is 1. The van der Waals surface area contributed by atoms with E-state index in [4.69, 9.17) is 15.9 Å². The number of anilines is 1. The van der Waals surface area contributed by atoms with E-state index in [1.165, 1.54) is 0 Å². The van der Waals surface area contributed by atoms with Gasteiger partial charge < -0.3 is 15.4 Å². The summed E-state index contributed by atoms with van der Waals surface area (Å²) in [4.78, 5) is 6.61. The van der Waals surface area contributed by atoms with Crippen molar-refractivity contribution in [2.75, 3.05) is 25.1 Å². The molecule has 1 aliphatic heterocycles. The van der Waals surface area contributed by atoms with Crippen molar-refractivity contribution in [3.8, 4) is 5.88 Å². The van der Waals surface area contributed by atoms with Gasteiger partial charge in [-0.2, -0.15) is 4.98 Å². The number of rotatable bonds is 3. The first-order chi connectivity index (χ1) is 8.20. The molecule has 2 heterocycles. The summed E-state index contributed by atoms with van der Waals surface area (Å²) in [5, 5.41) is 7.45. The van der Waals surface area contributed by atoms with Gasteiger partial charge in [0.05, 0.1) is 12.9 Å². The van der Waals surface area contributed by atoms with Crippen LogP contribution in [0.1, 0.15) is 12.8 Å². The molecular weight excluding hydrogens is 216 g/mol. The quantitative estimate of drug-likeness (QED) is 0.609. The van der Waals surface area contributed by atoms with Crippen LogP contribution in [0.25, 0.3) is 0 Å². The molecule has 17 heavy (non-hydrogen) atoms. The lowest BCUT2D eigenvalue weighted by molar-refractivity contribution is 0.397. The zero-order chi connectivity index (χ0) is 12.3. The molecule has 1 saturated heterocycles. The Morgan fingerprint density at radius 1 is 1.47 bits per heavy atom. The third kappa shape index (κ3) is 2.67. The molecule has 0 atom stereocenters. The van der Waals surface area contributed by atoms with Gasteiger partial charge in [-0.3, -0.25) is 5.41 Å². The van der Waals surface area contributed by atoms with Gasteiger partial charge in [0, 0.05) is 25.1 Å². The molecule has 92 valence electrons. The van der Waals surface area contributed by atoms with E-state index < -0.39 is 0 Å². The van der Waals surface area contributed by atoms with Crippen molar-refractivity contribution < 1.29 is 4.74 Å². The van der Waals surface area contributed by atoms with Gasteiger partial charge in [-0.1, -0.05) is 6.07 Å². The maximum absolute atomic E-state index is 7.45. The predicted octanol–water partition coefficient (Wildman–Crippen LogP) is 1.24. The molecule has 1 fully saturated rings. The van der Waals surface area contributed by atoms with Crippen LogP contribution >= 0.6 is 0 Å². The van der Waals surface area contributed by atoms with Gasteiger partial charge in [0.2, 0.25) is 5.88 Å². The van der Waals surface area contributed by atoms with Crippen LogP contribution in [0.4, 0.5) is 5.82 Å². The van der Waals surface area contributed by atoms with Crippen LogP contribution in [-0.4, -0.2) is 31.0 Å². The Bertz CT molecular complexity index is 399. The van der Waals surface area contributed by atoms with Crippen LogP contribution < -0.4 is 15.4 Å². The topological polar surface area (TPSA) is 75.2 Å². The zero-order valence-corrected chi connectivity index (χ0v) is 10.0. The summed E-state index contributed by atoms with van der Waals surface area (Å²) in [6, 6.07) is 5.76. The molecule has 0 spiro atoms. The van der Waals surface area contributed by atoms with Crippen LogP contribution in [0.3, 0.4) is 0 Å². The first-order valence-corrected chi connectivity index (χ1v) is 5.80. The smallest absolute Gasteiger partial charge is 0.214 e. The number of nitrogens with zero attached hydrogens (tertiary/aromatic N) is 2. The fourth-order valence-corrected chi connectivity index (χ4v) is 2.11. The lowest BCUT2D eigenvalue weighted by Crippen LogP contribution is -2.38. The van der Waals surface area contributed by atoms with Crippen molar-refractivity contribution in [2.24, 2.45) is 11.7 Å². The standard InChI is InChI=1S/C12H18N4O/c1-17-11-4-2-3-10(15-11)16-7-5-9(6-8-16)12(13)14/h2-4,9H,5-8H2,1H3,(H3,13,14). The van der Waals surface area contributed by atoms with Crippen molar-refractivity contribution in [3.63, 3.8) is 0 Å². The Morgan fingerprint density at radius 3 is 2.76 bits per heavy atom. The second-order valence-corrected chi connectivity index (χ2v) is 4.25. The zero-order valence-electron chi connectivity index (χ0n) is 10.0. The molecule has 0 bridgehead atoms. The highest BCUT2D eigenvalue weighted by molar-refractivity contribution is 5.79. The molecule has 5 nitrogen and oxygen atoms in total. The van der Waals surface area contributed by atoms with Crippen molar-refractivity contribution in [2.45, 2.75) is 12.8 Å². The molecule has 0 amide bonds. The molecular formula is C12H18N4O. The third-order valence-electron chi connectivity index (χ3n) is 3.18. The number of pyridine rings is 1. The average molecular weight is 234 g/mol. The Balaban J connectivity index is 2.02. The van der Waals surface area contributed by atoms with Crippen LogP contribution in [0, 0.1) is 11.3 Å². The number of nitrogens with one attached hydrogen (secondary N) is 1. The number of amidine groups is 1. The fourth-order valence-electron chi connectivity index (χ4n) is 2.11. The lowest BCUT2D eigenvalue weighted by atomic mass is 9.96. The first kappa shape index (κ1) is 11.7. The van der Waals surface area contributed by atoms with Crippen molar-refractivity contribution in [3.05, 3.63) is 18.2 Å². The van der Waals surface area contributed by atoms with E-state index in [2.05, 4.69) is 9.88 Å². The molecule has 5 heteroatoms. The molecule has 2 rings (SSSR count). The van der Waals surface area contributed by atoms with E-state index in [0.717, 1.165) is 31.7 Å². The van der Waals surface area contributed by atoms with Gasteiger partial charge in [-0.05, 0) is 18.9 Å². The molecule has 1 aromatic heterocycles. The summed E-state index contributed by atoms with van der Waals surface area (Å²) in [7, 11) is 1.62. The molecule has 0 aromatic carbocycles. The Labute approximate surface area is 101 Å². The minimum absolute atomic E-state index is 0.233. The monoisotopic (exact) mass is 234 g/mol. The normalized spacial score (nSPS) is 16.9. The minimum Gasteiger partial charge on any atom is -0.481 e. The van der Waals surface area contributed by atoms with Crippen LogP contribution in [0.2, 0.25) is 0 Å². The van der Waals surface area contributed by atoms with Crippen LogP contribution in [-0.2, 0) is 0 Å². The fraction of sp³-hybridized carbons (Fsp3) is 0.500. The number of piperidine rings is 1. The summed E-state index contributed by atoms with van der Waals surface area (Å²) >= 11 is 0. The summed E-state index contributed by atoms with van der Waals surface area (Å²) < 4.78 is 5.11. The Hall–Kier alpha value is -1.78. The number of hydrogen-bond donors (Lipinski definition) is 2. The Morgan fingerprint density at radius 2 is 2.18 bits per heavy atom. The molecule has 0 unspecified atom stereocenters. The van der Waals surface area contributed by atoms with Crippen LogP contribution in [0.15, 0.2) is 18.2 Å². The van der Waals surface area contributed by atoms with E-state index in [9.17, 15) is 0 Å².